The van der Waals surface area contributed by atoms with Gasteiger partial charge in [-0.1, -0.05) is 24.3 Å². The van der Waals surface area contributed by atoms with Crippen LogP contribution in [-0.4, -0.2) is 18.4 Å². The Balaban J connectivity index is 1.86. The second-order valence-electron chi connectivity index (χ2n) is 5.04. The minimum Gasteiger partial charge on any atom is -0.264 e. The number of rotatable bonds is 4. The van der Waals surface area contributed by atoms with Gasteiger partial charge in [-0.25, -0.2) is 13.4 Å². The van der Waals surface area contributed by atoms with E-state index in [1.807, 2.05) is 12.1 Å². The Hall–Kier alpha value is -2.73. The molecule has 0 aliphatic heterocycles. The van der Waals surface area contributed by atoms with Crippen LogP contribution in [0.2, 0.25) is 0 Å². The van der Waals surface area contributed by atoms with E-state index in [0.717, 1.165) is 16.8 Å². The number of nitrogens with zero attached hydrogens (tertiary/aromatic N) is 2. The summed E-state index contributed by atoms with van der Waals surface area (Å²) in [5.74, 6) is 0.307. The average Bonchev–Trinajstić information content (AvgIpc) is 2.55. The molecule has 23 heavy (non-hydrogen) atoms. The van der Waals surface area contributed by atoms with Crippen molar-refractivity contribution in [2.45, 2.75) is 11.8 Å². The van der Waals surface area contributed by atoms with Crippen LogP contribution in [0.5, 0.6) is 0 Å². The van der Waals surface area contributed by atoms with Crippen molar-refractivity contribution in [2.24, 2.45) is 0 Å². The van der Waals surface area contributed by atoms with Crippen molar-refractivity contribution in [1.82, 2.24) is 9.97 Å². The fourth-order valence-electron chi connectivity index (χ4n) is 2.16. The van der Waals surface area contributed by atoms with Crippen LogP contribution < -0.4 is 4.72 Å². The molecule has 0 aliphatic carbocycles. The quantitative estimate of drug-likeness (QED) is 0.799. The lowest BCUT2D eigenvalue weighted by Gasteiger charge is -2.08. The molecule has 0 amide bonds. The Kier molecular flexibility index (Phi) is 4.08. The summed E-state index contributed by atoms with van der Waals surface area (Å²) in [6.07, 6.45) is 3.43. The number of hydrogen-bond acceptors (Lipinski definition) is 4. The average molecular weight is 325 g/mol. The summed E-state index contributed by atoms with van der Waals surface area (Å²) in [6, 6.07) is 15.6. The number of benzene rings is 1. The Labute approximate surface area is 135 Å². The molecule has 0 saturated heterocycles. The number of hydrogen-bond donors (Lipinski definition) is 1. The predicted octanol–water partition coefficient (Wildman–Crippen LogP) is 3.25. The first-order valence-electron chi connectivity index (χ1n) is 7.01. The van der Waals surface area contributed by atoms with Crippen LogP contribution in [0, 0.1) is 6.92 Å². The zero-order valence-electron chi connectivity index (χ0n) is 12.5. The number of aryl methyl sites for hydroxylation is 1. The smallest absolute Gasteiger partial charge is 0.263 e. The Bertz CT molecular complexity index is 908. The van der Waals surface area contributed by atoms with E-state index >= 15 is 0 Å². The molecule has 5 nitrogen and oxygen atoms in total. The molecule has 6 heteroatoms. The van der Waals surface area contributed by atoms with E-state index in [2.05, 4.69) is 14.7 Å². The lowest BCUT2D eigenvalue weighted by atomic mass is 10.1. The first kappa shape index (κ1) is 15.2. The molecular formula is C17H15N3O2S. The summed E-state index contributed by atoms with van der Waals surface area (Å²) in [5.41, 5.74) is 2.59. The summed E-state index contributed by atoms with van der Waals surface area (Å²) in [7, 11) is -3.66. The lowest BCUT2D eigenvalue weighted by Crippen LogP contribution is -2.14. The molecule has 3 aromatic rings. The van der Waals surface area contributed by atoms with E-state index in [-0.39, 0.29) is 4.90 Å². The zero-order chi connectivity index (χ0) is 16.3. The van der Waals surface area contributed by atoms with Crippen LogP contribution >= 0.6 is 0 Å². The van der Waals surface area contributed by atoms with E-state index in [1.165, 1.54) is 0 Å². The van der Waals surface area contributed by atoms with Gasteiger partial charge in [0.15, 0.2) is 0 Å². The number of anilines is 1. The molecule has 0 fully saturated rings. The van der Waals surface area contributed by atoms with Gasteiger partial charge in [0.05, 0.1) is 4.90 Å². The first-order valence-corrected chi connectivity index (χ1v) is 8.50. The van der Waals surface area contributed by atoms with Crippen molar-refractivity contribution >= 4 is 15.8 Å². The summed E-state index contributed by atoms with van der Waals surface area (Å²) >= 11 is 0. The van der Waals surface area contributed by atoms with Crippen molar-refractivity contribution < 1.29 is 8.42 Å². The van der Waals surface area contributed by atoms with E-state index in [4.69, 9.17) is 0 Å². The summed E-state index contributed by atoms with van der Waals surface area (Å²) in [4.78, 5) is 8.40. The first-order chi connectivity index (χ1) is 11.0. The van der Waals surface area contributed by atoms with Crippen molar-refractivity contribution in [2.75, 3.05) is 4.72 Å². The van der Waals surface area contributed by atoms with E-state index in [9.17, 15) is 8.42 Å². The minimum absolute atomic E-state index is 0.188. The maximum atomic E-state index is 12.4. The van der Waals surface area contributed by atoms with Gasteiger partial charge >= 0.3 is 0 Å². The van der Waals surface area contributed by atoms with Crippen LogP contribution in [-0.2, 0) is 10.0 Å². The van der Waals surface area contributed by atoms with Crippen LogP contribution in [0.4, 0.5) is 5.82 Å². The van der Waals surface area contributed by atoms with Gasteiger partial charge in [-0.3, -0.25) is 9.71 Å². The van der Waals surface area contributed by atoms with Gasteiger partial charge in [0, 0.05) is 18.1 Å². The van der Waals surface area contributed by atoms with Crippen LogP contribution in [0.15, 0.2) is 71.9 Å². The number of pyridine rings is 2. The maximum Gasteiger partial charge on any atom is 0.263 e. The molecular weight excluding hydrogens is 310 g/mol. The predicted molar refractivity (Wildman–Crippen MR) is 89.5 cm³/mol. The molecule has 2 heterocycles. The van der Waals surface area contributed by atoms with Crippen LogP contribution in [0.3, 0.4) is 0 Å². The molecule has 0 aliphatic rings. The summed E-state index contributed by atoms with van der Waals surface area (Å²) < 4.78 is 27.3. The van der Waals surface area contributed by atoms with Crippen LogP contribution in [0.1, 0.15) is 5.69 Å². The fraction of sp³-hybridized carbons (Fsp3) is 0.0588. The molecule has 0 unspecified atom stereocenters. The molecule has 0 saturated carbocycles. The van der Waals surface area contributed by atoms with Gasteiger partial charge in [-0.15, -0.1) is 0 Å². The van der Waals surface area contributed by atoms with Gasteiger partial charge in [-0.05, 0) is 48.4 Å². The van der Waals surface area contributed by atoms with Crippen molar-refractivity contribution in [3.63, 3.8) is 0 Å². The number of nitrogens with one attached hydrogen (secondary N) is 1. The fourth-order valence-corrected chi connectivity index (χ4v) is 3.16. The molecule has 116 valence electrons. The van der Waals surface area contributed by atoms with Crippen LogP contribution in [0.25, 0.3) is 11.1 Å². The lowest BCUT2D eigenvalue weighted by molar-refractivity contribution is 0.601. The molecule has 2 aromatic heterocycles. The highest BCUT2D eigenvalue weighted by Gasteiger charge is 2.14. The number of aromatic nitrogens is 2. The Morgan fingerprint density at radius 3 is 2.35 bits per heavy atom. The largest absolute Gasteiger partial charge is 0.264 e. The highest BCUT2D eigenvalue weighted by Crippen LogP contribution is 2.21. The standard InChI is InChI=1S/C17H15N3O2S/c1-13-4-2-6-17(19-13)20-23(21,22)16-9-7-14(8-10-16)15-5-3-11-18-12-15/h2-12H,1H3,(H,19,20). The maximum absolute atomic E-state index is 12.4. The molecule has 0 radical (unpaired) electrons. The molecule has 3 rings (SSSR count). The highest BCUT2D eigenvalue weighted by atomic mass is 32.2. The van der Waals surface area contributed by atoms with Crippen molar-refractivity contribution in [3.05, 3.63) is 72.7 Å². The Morgan fingerprint density at radius 1 is 0.913 bits per heavy atom. The Morgan fingerprint density at radius 2 is 1.70 bits per heavy atom. The molecule has 0 atom stereocenters. The third-order valence-corrected chi connectivity index (χ3v) is 4.66. The monoisotopic (exact) mass is 325 g/mol. The normalized spacial score (nSPS) is 11.2. The van der Waals surface area contributed by atoms with Gasteiger partial charge < -0.3 is 0 Å². The second-order valence-corrected chi connectivity index (χ2v) is 6.72. The molecule has 1 N–H and O–H groups in total. The van der Waals surface area contributed by atoms with E-state index in [0.29, 0.717) is 5.82 Å². The van der Waals surface area contributed by atoms with Crippen molar-refractivity contribution in [3.8, 4) is 11.1 Å². The SMILES string of the molecule is Cc1cccc(NS(=O)(=O)c2ccc(-c3cccnc3)cc2)n1. The molecule has 0 spiro atoms. The topological polar surface area (TPSA) is 72.0 Å². The second kappa shape index (κ2) is 6.18. The third-order valence-electron chi connectivity index (χ3n) is 3.29. The van der Waals surface area contributed by atoms with Gasteiger partial charge in [0.1, 0.15) is 5.82 Å². The van der Waals surface area contributed by atoms with Gasteiger partial charge in [-0.2, -0.15) is 0 Å². The molecule has 0 bridgehead atoms. The highest BCUT2D eigenvalue weighted by molar-refractivity contribution is 7.92. The van der Waals surface area contributed by atoms with E-state index < -0.39 is 10.0 Å². The zero-order valence-corrected chi connectivity index (χ0v) is 13.3. The van der Waals surface area contributed by atoms with E-state index in [1.54, 1.807) is 61.8 Å². The molecule has 1 aromatic carbocycles. The number of sulfonamides is 1. The van der Waals surface area contributed by atoms with Gasteiger partial charge in [0.25, 0.3) is 10.0 Å². The third kappa shape index (κ3) is 3.54. The minimum atomic E-state index is -3.66. The summed E-state index contributed by atoms with van der Waals surface area (Å²) in [6.45, 7) is 1.81. The van der Waals surface area contributed by atoms with Gasteiger partial charge in [0.2, 0.25) is 0 Å². The summed E-state index contributed by atoms with van der Waals surface area (Å²) in [5, 5.41) is 0. The van der Waals surface area contributed by atoms with Crippen molar-refractivity contribution in [1.29, 1.82) is 0 Å².